The maximum absolute atomic E-state index is 12.1. The summed E-state index contributed by atoms with van der Waals surface area (Å²) in [7, 11) is 0. The fraction of sp³-hybridized carbons (Fsp3) is 0.211. The van der Waals surface area contributed by atoms with Gasteiger partial charge in [0.25, 0.3) is 0 Å². The van der Waals surface area contributed by atoms with E-state index in [0.29, 0.717) is 5.56 Å². The van der Waals surface area contributed by atoms with Crippen LogP contribution >= 0.6 is 0 Å². The molecular weight excluding hydrogens is 274 g/mol. The van der Waals surface area contributed by atoms with Crippen LogP contribution in [-0.4, -0.2) is 10.5 Å². The van der Waals surface area contributed by atoms with Gasteiger partial charge in [-0.25, -0.2) is 4.79 Å². The van der Waals surface area contributed by atoms with Crippen LogP contribution in [0.4, 0.5) is 0 Å². The zero-order valence-electron chi connectivity index (χ0n) is 12.7. The predicted octanol–water partition coefficient (Wildman–Crippen LogP) is 4.23. The molecule has 3 nitrogen and oxygen atoms in total. The third-order valence-corrected chi connectivity index (χ3v) is 4.55. The molecule has 2 aromatic carbocycles. The molecule has 2 heterocycles. The molecule has 0 N–H and O–H groups in total. The first-order valence-electron chi connectivity index (χ1n) is 7.60. The molecule has 3 heteroatoms. The lowest BCUT2D eigenvalue weighted by atomic mass is 9.97. The van der Waals surface area contributed by atoms with Crippen molar-refractivity contribution in [2.45, 2.75) is 26.5 Å². The molecule has 110 valence electrons. The van der Waals surface area contributed by atoms with Gasteiger partial charge in [-0.1, -0.05) is 36.4 Å². The Morgan fingerprint density at radius 2 is 1.82 bits per heavy atom. The van der Waals surface area contributed by atoms with Crippen molar-refractivity contribution in [3.63, 3.8) is 0 Å². The summed E-state index contributed by atoms with van der Waals surface area (Å²) < 4.78 is 7.99. The molecule has 3 aromatic rings. The lowest BCUT2D eigenvalue weighted by molar-refractivity contribution is 0.0457. The third kappa shape index (κ3) is 1.65. The lowest BCUT2D eigenvalue weighted by Crippen LogP contribution is -2.04. The van der Waals surface area contributed by atoms with Gasteiger partial charge in [0.2, 0.25) is 0 Å². The summed E-state index contributed by atoms with van der Waals surface area (Å²) in [5.41, 5.74) is 5.11. The monoisotopic (exact) mass is 291 g/mol. The minimum Gasteiger partial charge on any atom is -0.449 e. The summed E-state index contributed by atoms with van der Waals surface area (Å²) in [6.07, 6.45) is -0.304. The van der Waals surface area contributed by atoms with Crippen molar-refractivity contribution < 1.29 is 9.53 Å². The predicted molar refractivity (Wildman–Crippen MR) is 86.0 cm³/mol. The number of para-hydroxylation sites is 1. The molecule has 1 unspecified atom stereocenters. The normalized spacial score (nSPS) is 16.8. The zero-order chi connectivity index (χ0) is 15.3. The first-order valence-corrected chi connectivity index (χ1v) is 7.60. The van der Waals surface area contributed by atoms with Crippen molar-refractivity contribution in [1.29, 1.82) is 0 Å². The molecule has 0 bridgehead atoms. The van der Waals surface area contributed by atoms with Crippen molar-refractivity contribution >= 4 is 16.9 Å². The van der Waals surface area contributed by atoms with Crippen molar-refractivity contribution in [3.05, 3.63) is 70.9 Å². The Balaban J connectivity index is 2.01. The molecular formula is C19H17NO2. The van der Waals surface area contributed by atoms with E-state index in [1.807, 2.05) is 36.4 Å². The molecule has 0 fully saturated rings. The maximum Gasteiger partial charge on any atom is 0.339 e. The molecule has 0 spiro atoms. The number of aromatic nitrogens is 1. The number of aryl methyl sites for hydroxylation is 1. The van der Waals surface area contributed by atoms with E-state index in [9.17, 15) is 4.79 Å². The van der Waals surface area contributed by atoms with Crippen molar-refractivity contribution in [1.82, 2.24) is 4.57 Å². The number of hydrogen-bond donors (Lipinski definition) is 0. The topological polar surface area (TPSA) is 31.2 Å². The number of fused-ring (bicyclic) bond motifs is 2. The van der Waals surface area contributed by atoms with Gasteiger partial charge < -0.3 is 9.30 Å². The summed E-state index contributed by atoms with van der Waals surface area (Å²) in [4.78, 5) is 12.1. The van der Waals surface area contributed by atoms with Gasteiger partial charge in [-0.15, -0.1) is 0 Å². The second kappa shape index (κ2) is 4.73. The quantitative estimate of drug-likeness (QED) is 0.662. The van der Waals surface area contributed by atoms with Crippen molar-refractivity contribution in [2.24, 2.45) is 0 Å². The summed E-state index contributed by atoms with van der Waals surface area (Å²) >= 11 is 0. The van der Waals surface area contributed by atoms with E-state index in [1.54, 1.807) is 0 Å². The Kier molecular flexibility index (Phi) is 2.83. The molecule has 0 aliphatic carbocycles. The van der Waals surface area contributed by atoms with Crippen molar-refractivity contribution in [3.8, 4) is 0 Å². The van der Waals surface area contributed by atoms with Gasteiger partial charge in [0.15, 0.2) is 6.10 Å². The number of ether oxygens (including phenoxy) is 1. The van der Waals surface area contributed by atoms with E-state index in [1.165, 1.54) is 11.2 Å². The van der Waals surface area contributed by atoms with E-state index in [-0.39, 0.29) is 12.1 Å². The zero-order valence-corrected chi connectivity index (χ0v) is 12.7. The Morgan fingerprint density at radius 1 is 1.09 bits per heavy atom. The van der Waals surface area contributed by atoms with Crippen LogP contribution in [0, 0.1) is 6.92 Å². The highest BCUT2D eigenvalue weighted by atomic mass is 16.5. The Labute approximate surface area is 129 Å². The molecule has 1 aromatic heterocycles. The number of carbonyl (C=O) groups is 1. The highest BCUT2D eigenvalue weighted by Crippen LogP contribution is 2.41. The van der Waals surface area contributed by atoms with Gasteiger partial charge in [0, 0.05) is 34.3 Å². The van der Waals surface area contributed by atoms with Crippen molar-refractivity contribution in [2.75, 3.05) is 0 Å². The molecule has 0 saturated carbocycles. The standard InChI is InChI=1S/C19H17NO2/c1-3-20-12(2)17(15-10-6-7-11-16(15)20)18-13-8-4-5-9-14(13)19(21)22-18/h4-11,18H,3H2,1-2H3. The Morgan fingerprint density at radius 3 is 2.64 bits per heavy atom. The molecule has 4 rings (SSSR count). The van der Waals surface area contributed by atoms with Gasteiger partial charge in [-0.2, -0.15) is 0 Å². The second-order valence-electron chi connectivity index (χ2n) is 5.63. The molecule has 1 aliphatic rings. The number of esters is 1. The van der Waals surface area contributed by atoms with Crippen LogP contribution in [0.3, 0.4) is 0 Å². The molecule has 0 radical (unpaired) electrons. The van der Waals surface area contributed by atoms with Crippen LogP contribution in [0.1, 0.15) is 40.2 Å². The van der Waals surface area contributed by atoms with Crippen LogP contribution in [-0.2, 0) is 11.3 Å². The molecule has 22 heavy (non-hydrogen) atoms. The smallest absolute Gasteiger partial charge is 0.339 e. The minimum atomic E-state index is -0.304. The number of nitrogens with zero attached hydrogens (tertiary/aromatic N) is 1. The van der Waals surface area contributed by atoms with Gasteiger partial charge in [-0.3, -0.25) is 0 Å². The summed E-state index contributed by atoms with van der Waals surface area (Å²) in [6, 6.07) is 16.0. The SMILES string of the molecule is CCn1c(C)c(C2OC(=O)c3ccccc32)c2ccccc21. The van der Waals surface area contributed by atoms with Gasteiger partial charge >= 0.3 is 5.97 Å². The van der Waals surface area contributed by atoms with Gasteiger partial charge in [0.1, 0.15) is 0 Å². The first kappa shape index (κ1) is 13.1. The largest absolute Gasteiger partial charge is 0.449 e. The number of hydrogen-bond acceptors (Lipinski definition) is 2. The molecule has 1 atom stereocenters. The number of carbonyl (C=O) groups excluding carboxylic acids is 1. The van der Waals surface area contributed by atoms with Gasteiger partial charge in [-0.05, 0) is 26.0 Å². The van der Waals surface area contributed by atoms with E-state index < -0.39 is 0 Å². The molecule has 0 saturated heterocycles. The number of rotatable bonds is 2. The van der Waals surface area contributed by atoms with Crippen LogP contribution in [0.25, 0.3) is 10.9 Å². The van der Waals surface area contributed by atoms with Crippen LogP contribution in [0.15, 0.2) is 48.5 Å². The third-order valence-electron chi connectivity index (χ3n) is 4.55. The highest BCUT2D eigenvalue weighted by Gasteiger charge is 2.35. The second-order valence-corrected chi connectivity index (χ2v) is 5.63. The Bertz CT molecular complexity index is 892. The van der Waals surface area contributed by atoms with Crippen LogP contribution in [0.2, 0.25) is 0 Å². The lowest BCUT2D eigenvalue weighted by Gasteiger charge is -2.12. The fourth-order valence-corrected chi connectivity index (χ4v) is 3.56. The van der Waals surface area contributed by atoms with E-state index in [2.05, 4.69) is 30.5 Å². The summed E-state index contributed by atoms with van der Waals surface area (Å²) in [5, 5.41) is 1.16. The molecule has 1 aliphatic heterocycles. The van der Waals surface area contributed by atoms with E-state index >= 15 is 0 Å². The summed E-state index contributed by atoms with van der Waals surface area (Å²) in [6.45, 7) is 5.14. The average Bonchev–Trinajstić information content (AvgIpc) is 3.02. The van der Waals surface area contributed by atoms with E-state index in [4.69, 9.17) is 4.74 Å². The average molecular weight is 291 g/mol. The maximum atomic E-state index is 12.1. The highest BCUT2D eigenvalue weighted by molar-refractivity contribution is 5.96. The Hall–Kier alpha value is -2.55. The molecule has 0 amide bonds. The summed E-state index contributed by atoms with van der Waals surface area (Å²) in [5.74, 6) is -0.228. The van der Waals surface area contributed by atoms with E-state index in [0.717, 1.165) is 23.1 Å². The number of benzene rings is 2. The number of cyclic esters (lactones) is 1. The van der Waals surface area contributed by atoms with Gasteiger partial charge in [0.05, 0.1) is 5.56 Å². The van der Waals surface area contributed by atoms with Crippen LogP contribution < -0.4 is 0 Å². The minimum absolute atomic E-state index is 0.228. The van der Waals surface area contributed by atoms with Crippen LogP contribution in [0.5, 0.6) is 0 Å². The fourth-order valence-electron chi connectivity index (χ4n) is 3.56. The first-order chi connectivity index (χ1) is 10.7.